The van der Waals surface area contributed by atoms with Crippen molar-refractivity contribution in [1.29, 1.82) is 0 Å². The van der Waals surface area contributed by atoms with Gasteiger partial charge in [0, 0.05) is 16.5 Å². The summed E-state index contributed by atoms with van der Waals surface area (Å²) in [6.45, 7) is 9.81. The second-order valence-corrected chi connectivity index (χ2v) is 10.7. The Bertz CT molecular complexity index is 1300. The van der Waals surface area contributed by atoms with Crippen LogP contribution >= 0.6 is 15.9 Å². The first-order valence-corrected chi connectivity index (χ1v) is 13.4. The number of amides is 1. The topological polar surface area (TPSA) is 62.1 Å². The number of nitrogens with zero attached hydrogens (tertiary/aromatic N) is 2. The van der Waals surface area contributed by atoms with Crippen LogP contribution in [0, 0.1) is 0 Å². The maximum absolute atomic E-state index is 13.4. The molecule has 0 saturated heterocycles. The number of aliphatic hydroxyl groups is 1. The van der Waals surface area contributed by atoms with E-state index in [-0.39, 0.29) is 11.7 Å². The van der Waals surface area contributed by atoms with E-state index in [1.807, 2.05) is 77.7 Å². The lowest BCUT2D eigenvalue weighted by molar-refractivity contribution is -0.127. The van der Waals surface area contributed by atoms with Crippen molar-refractivity contribution in [2.24, 2.45) is 4.99 Å². The summed E-state index contributed by atoms with van der Waals surface area (Å²) in [5, 5.41) is 9.95. The fourth-order valence-electron chi connectivity index (χ4n) is 4.23. The van der Waals surface area contributed by atoms with E-state index in [0.29, 0.717) is 12.3 Å². The zero-order chi connectivity index (χ0) is 26.6. The Labute approximate surface area is 227 Å². The van der Waals surface area contributed by atoms with Crippen LogP contribution in [0.4, 0.5) is 0 Å². The number of aliphatic imine (C=N–C) groups is 1. The molecule has 37 heavy (non-hydrogen) atoms. The number of unbranched alkanes of at least 4 members (excludes halogenated alkanes) is 1. The van der Waals surface area contributed by atoms with E-state index >= 15 is 0 Å². The summed E-state index contributed by atoms with van der Waals surface area (Å²) in [6.07, 6.45) is 2.82. The van der Waals surface area contributed by atoms with E-state index in [9.17, 15) is 9.90 Å². The molecule has 0 radical (unpaired) electrons. The van der Waals surface area contributed by atoms with Crippen LogP contribution < -0.4 is 4.74 Å². The lowest BCUT2D eigenvalue weighted by atomic mass is 10.0. The largest absolute Gasteiger partial charge is 0.509 e. The molecule has 3 aromatic rings. The van der Waals surface area contributed by atoms with E-state index in [4.69, 9.17) is 9.73 Å². The predicted octanol–water partition coefficient (Wildman–Crippen LogP) is 8.02. The molecule has 0 saturated carbocycles. The molecular weight excluding hydrogens is 528 g/mol. The first kappa shape index (κ1) is 26.7. The molecule has 1 aliphatic rings. The highest BCUT2D eigenvalue weighted by molar-refractivity contribution is 9.10. The van der Waals surface area contributed by atoms with Gasteiger partial charge in [0.1, 0.15) is 17.3 Å². The van der Waals surface area contributed by atoms with Gasteiger partial charge in [-0.1, -0.05) is 90.5 Å². The highest BCUT2D eigenvalue weighted by Gasteiger charge is 2.35. The van der Waals surface area contributed by atoms with Gasteiger partial charge >= 0.3 is 0 Å². The zero-order valence-corrected chi connectivity index (χ0v) is 23.2. The number of halogens is 1. The molecule has 0 spiro atoms. The first-order valence-electron chi connectivity index (χ1n) is 12.6. The van der Waals surface area contributed by atoms with E-state index < -0.39 is 11.6 Å². The maximum atomic E-state index is 13.4. The van der Waals surface area contributed by atoms with Gasteiger partial charge in [-0.3, -0.25) is 14.7 Å². The molecule has 192 valence electrons. The normalized spacial score (nSPS) is 15.6. The molecule has 1 amide bonds. The molecule has 6 heteroatoms. The third-order valence-electron chi connectivity index (χ3n) is 6.57. The number of aliphatic hydroxyl groups excluding tert-OH is 1. The van der Waals surface area contributed by atoms with E-state index in [0.717, 1.165) is 51.8 Å². The van der Waals surface area contributed by atoms with Gasteiger partial charge < -0.3 is 9.84 Å². The van der Waals surface area contributed by atoms with Gasteiger partial charge in [-0.15, -0.1) is 0 Å². The molecule has 0 bridgehead atoms. The predicted molar refractivity (Wildman–Crippen MR) is 153 cm³/mol. The van der Waals surface area contributed by atoms with Crippen LogP contribution in [-0.2, 0) is 11.3 Å². The summed E-state index contributed by atoms with van der Waals surface area (Å²) in [6, 6.07) is 23.2. The Morgan fingerprint density at radius 3 is 2.46 bits per heavy atom. The van der Waals surface area contributed by atoms with Crippen molar-refractivity contribution in [1.82, 2.24) is 4.90 Å². The second kappa shape index (κ2) is 11.3. The van der Waals surface area contributed by atoms with Crippen molar-refractivity contribution in [3.05, 3.63) is 101 Å². The van der Waals surface area contributed by atoms with Gasteiger partial charge in [-0.2, -0.15) is 0 Å². The Morgan fingerprint density at radius 2 is 1.81 bits per heavy atom. The molecule has 1 aliphatic heterocycles. The second-order valence-electron chi connectivity index (χ2n) is 9.78. The van der Waals surface area contributed by atoms with Crippen LogP contribution in [0.1, 0.15) is 57.2 Å². The third-order valence-corrected chi connectivity index (χ3v) is 7.06. The number of carbonyl (C=O) groups is 1. The fraction of sp³-hybridized carbons (Fsp3) is 0.290. The molecule has 1 N–H and O–H groups in total. The summed E-state index contributed by atoms with van der Waals surface area (Å²) in [4.78, 5) is 20.1. The Morgan fingerprint density at radius 1 is 1.11 bits per heavy atom. The van der Waals surface area contributed by atoms with Crippen LogP contribution in [0.5, 0.6) is 5.75 Å². The lowest BCUT2D eigenvalue weighted by Gasteiger charge is -2.26. The molecular formula is C31H33BrN2O3. The SMILES string of the molecule is C=C(O)C(C)(C)Oc1ccc(Br)cc1-c1ccc(CN2C(=O)C(c3ccccc3)N=C2CCCC)cc1. The molecule has 3 aromatic carbocycles. The average molecular weight is 562 g/mol. The minimum atomic E-state index is -0.928. The quantitative estimate of drug-likeness (QED) is 0.255. The van der Waals surface area contributed by atoms with E-state index in [1.54, 1.807) is 13.8 Å². The molecule has 1 atom stereocenters. The van der Waals surface area contributed by atoms with Crippen LogP contribution in [0.2, 0.25) is 0 Å². The molecule has 0 aromatic heterocycles. The van der Waals surface area contributed by atoms with Gasteiger partial charge in [-0.05, 0) is 55.2 Å². The van der Waals surface area contributed by atoms with Crippen molar-refractivity contribution in [3.63, 3.8) is 0 Å². The summed E-state index contributed by atoms with van der Waals surface area (Å²) < 4.78 is 7.04. The van der Waals surface area contributed by atoms with Crippen molar-refractivity contribution in [2.45, 2.75) is 58.2 Å². The Kier molecular flexibility index (Phi) is 8.18. The van der Waals surface area contributed by atoms with Crippen LogP contribution in [0.25, 0.3) is 11.1 Å². The maximum Gasteiger partial charge on any atom is 0.257 e. The van der Waals surface area contributed by atoms with Crippen molar-refractivity contribution >= 4 is 27.7 Å². The van der Waals surface area contributed by atoms with E-state index in [1.165, 1.54) is 0 Å². The number of ether oxygens (including phenoxy) is 1. The van der Waals surface area contributed by atoms with Gasteiger partial charge in [-0.25, -0.2) is 0 Å². The summed E-state index contributed by atoms with van der Waals surface area (Å²) in [5.41, 5.74) is 2.88. The van der Waals surface area contributed by atoms with Gasteiger partial charge in [0.05, 0.1) is 6.54 Å². The number of rotatable bonds is 10. The Hall–Kier alpha value is -3.38. The van der Waals surface area contributed by atoms with Crippen LogP contribution in [0.3, 0.4) is 0 Å². The fourth-order valence-corrected chi connectivity index (χ4v) is 4.59. The summed E-state index contributed by atoms with van der Waals surface area (Å²) >= 11 is 3.55. The Balaban J connectivity index is 1.57. The smallest absolute Gasteiger partial charge is 0.257 e. The average Bonchev–Trinajstić information content (AvgIpc) is 3.19. The van der Waals surface area contributed by atoms with Crippen molar-refractivity contribution < 1.29 is 14.6 Å². The minimum Gasteiger partial charge on any atom is -0.509 e. The third kappa shape index (κ3) is 6.13. The highest BCUT2D eigenvalue weighted by Crippen LogP contribution is 2.36. The van der Waals surface area contributed by atoms with Crippen LogP contribution in [-0.4, -0.2) is 27.4 Å². The summed E-state index contributed by atoms with van der Waals surface area (Å²) in [7, 11) is 0. The standard InChI is InChI=1S/C31H33BrN2O3/c1-5-6-12-28-33-29(24-10-8-7-9-11-24)30(36)34(28)20-22-13-15-23(16-14-22)26-19-25(32)17-18-27(26)37-31(3,4)21(2)35/h7-11,13-19,29,35H,2,5-6,12,20H2,1,3-4H3. The monoisotopic (exact) mass is 560 g/mol. The molecule has 1 unspecified atom stereocenters. The molecule has 1 heterocycles. The van der Waals surface area contributed by atoms with Gasteiger partial charge in [0.25, 0.3) is 5.91 Å². The van der Waals surface area contributed by atoms with Crippen molar-refractivity contribution in [2.75, 3.05) is 0 Å². The number of carbonyl (C=O) groups excluding carboxylic acids is 1. The number of amidine groups is 1. The van der Waals surface area contributed by atoms with E-state index in [2.05, 4.69) is 29.4 Å². The zero-order valence-electron chi connectivity index (χ0n) is 21.6. The highest BCUT2D eigenvalue weighted by atomic mass is 79.9. The molecule has 5 nitrogen and oxygen atoms in total. The molecule has 0 aliphatic carbocycles. The van der Waals surface area contributed by atoms with Crippen LogP contribution in [0.15, 0.2) is 94.6 Å². The minimum absolute atomic E-state index is 0.0236. The number of hydrogen-bond donors (Lipinski definition) is 1. The molecule has 0 fully saturated rings. The lowest BCUT2D eigenvalue weighted by Crippen LogP contribution is -2.32. The van der Waals surface area contributed by atoms with Gasteiger partial charge in [0.2, 0.25) is 0 Å². The molecule has 4 rings (SSSR count). The number of benzene rings is 3. The van der Waals surface area contributed by atoms with Crippen molar-refractivity contribution in [3.8, 4) is 16.9 Å². The first-order chi connectivity index (χ1) is 17.7. The van der Waals surface area contributed by atoms with Gasteiger partial charge in [0.15, 0.2) is 11.6 Å². The number of hydrogen-bond acceptors (Lipinski definition) is 4. The summed E-state index contributed by atoms with van der Waals surface area (Å²) in [5.74, 6) is 1.49.